The van der Waals surface area contributed by atoms with Crippen LogP contribution in [0.1, 0.15) is 16.2 Å². The van der Waals surface area contributed by atoms with E-state index in [-0.39, 0.29) is 5.91 Å². The van der Waals surface area contributed by atoms with Crippen molar-refractivity contribution in [3.05, 3.63) is 46.9 Å². The molecular weight excluding hydrogens is 278 g/mol. The normalized spacial score (nSPS) is 10.2. The molecule has 0 aliphatic carbocycles. The summed E-state index contributed by atoms with van der Waals surface area (Å²) in [5.41, 5.74) is 0.597. The molecule has 0 saturated carbocycles. The Bertz CT molecular complexity index is 607. The lowest BCUT2D eigenvalue weighted by atomic mass is 10.2. The van der Waals surface area contributed by atoms with E-state index in [1.54, 1.807) is 45.3 Å². The molecule has 6 heteroatoms. The number of aromatic nitrogens is 2. The Morgan fingerprint density at radius 3 is 2.40 bits per heavy atom. The molecule has 5 nitrogen and oxygen atoms in total. The molecule has 0 spiro atoms. The van der Waals surface area contributed by atoms with Gasteiger partial charge in [-0.1, -0.05) is 11.6 Å². The maximum absolute atomic E-state index is 11.8. The summed E-state index contributed by atoms with van der Waals surface area (Å²) < 4.78 is 5.57. The molecule has 0 atom stereocenters. The molecule has 1 aromatic heterocycles. The minimum atomic E-state index is -0.0579. The van der Waals surface area contributed by atoms with Crippen LogP contribution in [0.15, 0.2) is 30.3 Å². The van der Waals surface area contributed by atoms with Crippen LogP contribution in [0.4, 0.5) is 0 Å². The molecule has 104 valence electrons. The molecule has 0 N–H and O–H groups in total. The van der Waals surface area contributed by atoms with Crippen LogP contribution in [0.3, 0.4) is 0 Å². The SMILES string of the molecule is Cc1nc(Cl)cc(Oc2ccc(C(=O)N(C)C)cc2)n1. The second-order valence-electron chi connectivity index (χ2n) is 4.40. The molecule has 0 radical (unpaired) electrons. The van der Waals surface area contributed by atoms with Crippen LogP contribution in [0.25, 0.3) is 0 Å². The summed E-state index contributed by atoms with van der Waals surface area (Å²) in [6, 6.07) is 8.36. The van der Waals surface area contributed by atoms with Gasteiger partial charge >= 0.3 is 0 Å². The van der Waals surface area contributed by atoms with Gasteiger partial charge in [-0.25, -0.2) is 4.98 Å². The van der Waals surface area contributed by atoms with E-state index in [1.165, 1.54) is 11.0 Å². The number of amides is 1. The average Bonchev–Trinajstić information content (AvgIpc) is 2.37. The number of rotatable bonds is 3. The quantitative estimate of drug-likeness (QED) is 0.816. The van der Waals surface area contributed by atoms with Crippen LogP contribution < -0.4 is 4.74 Å². The monoisotopic (exact) mass is 291 g/mol. The zero-order chi connectivity index (χ0) is 14.7. The Hall–Kier alpha value is -2.14. The lowest BCUT2D eigenvalue weighted by Gasteiger charge is -2.10. The van der Waals surface area contributed by atoms with Gasteiger partial charge in [0.25, 0.3) is 5.91 Å². The van der Waals surface area contributed by atoms with Crippen molar-refractivity contribution in [2.24, 2.45) is 0 Å². The van der Waals surface area contributed by atoms with Gasteiger partial charge < -0.3 is 9.64 Å². The Balaban J connectivity index is 2.16. The molecule has 2 aromatic rings. The predicted molar refractivity (Wildman–Crippen MR) is 76.3 cm³/mol. The Morgan fingerprint density at radius 2 is 1.85 bits per heavy atom. The molecular formula is C14H14ClN3O2. The largest absolute Gasteiger partial charge is 0.439 e. The summed E-state index contributed by atoms with van der Waals surface area (Å²) in [6.07, 6.45) is 0. The van der Waals surface area contributed by atoms with E-state index in [9.17, 15) is 4.79 Å². The first-order chi connectivity index (χ1) is 9.45. The van der Waals surface area contributed by atoms with Crippen molar-refractivity contribution in [1.29, 1.82) is 0 Å². The molecule has 1 heterocycles. The third-order valence-corrected chi connectivity index (χ3v) is 2.71. The maximum atomic E-state index is 11.8. The topological polar surface area (TPSA) is 55.3 Å². The number of hydrogen-bond acceptors (Lipinski definition) is 4. The van der Waals surface area contributed by atoms with Crippen LogP contribution in [0.2, 0.25) is 5.15 Å². The highest BCUT2D eigenvalue weighted by Gasteiger charge is 2.08. The summed E-state index contributed by atoms with van der Waals surface area (Å²) in [6.45, 7) is 1.73. The predicted octanol–water partition coefficient (Wildman–Crippen LogP) is 2.93. The summed E-state index contributed by atoms with van der Waals surface area (Å²) >= 11 is 5.84. The second-order valence-corrected chi connectivity index (χ2v) is 4.79. The van der Waals surface area contributed by atoms with Gasteiger partial charge in [0, 0.05) is 25.7 Å². The Labute approximate surface area is 122 Å². The van der Waals surface area contributed by atoms with Gasteiger partial charge in [0.2, 0.25) is 5.88 Å². The zero-order valence-electron chi connectivity index (χ0n) is 11.4. The fourth-order valence-electron chi connectivity index (χ4n) is 1.60. The first-order valence-electron chi connectivity index (χ1n) is 5.96. The van der Waals surface area contributed by atoms with E-state index in [4.69, 9.17) is 16.3 Å². The molecule has 1 aromatic carbocycles. The molecule has 0 aliphatic heterocycles. The van der Waals surface area contributed by atoms with Gasteiger partial charge in [0.1, 0.15) is 16.7 Å². The van der Waals surface area contributed by atoms with Crippen molar-refractivity contribution in [1.82, 2.24) is 14.9 Å². The summed E-state index contributed by atoms with van der Waals surface area (Å²) in [4.78, 5) is 21.3. The van der Waals surface area contributed by atoms with Crippen LogP contribution in [0.5, 0.6) is 11.6 Å². The van der Waals surface area contributed by atoms with E-state index >= 15 is 0 Å². The van der Waals surface area contributed by atoms with Gasteiger partial charge in [-0.05, 0) is 31.2 Å². The van der Waals surface area contributed by atoms with E-state index in [0.29, 0.717) is 28.2 Å². The minimum absolute atomic E-state index is 0.0579. The van der Waals surface area contributed by atoms with Crippen molar-refractivity contribution in [2.45, 2.75) is 6.92 Å². The zero-order valence-corrected chi connectivity index (χ0v) is 12.2. The minimum Gasteiger partial charge on any atom is -0.439 e. The lowest BCUT2D eigenvalue weighted by Crippen LogP contribution is -2.21. The van der Waals surface area contributed by atoms with Crippen LogP contribution >= 0.6 is 11.6 Å². The number of halogens is 1. The number of aryl methyl sites for hydroxylation is 1. The number of carbonyl (C=O) groups is 1. The van der Waals surface area contributed by atoms with E-state index in [1.807, 2.05) is 0 Å². The lowest BCUT2D eigenvalue weighted by molar-refractivity contribution is 0.0827. The summed E-state index contributed by atoms with van der Waals surface area (Å²) in [7, 11) is 3.41. The maximum Gasteiger partial charge on any atom is 0.253 e. The molecule has 0 fully saturated rings. The molecule has 20 heavy (non-hydrogen) atoms. The van der Waals surface area contributed by atoms with Gasteiger partial charge in [-0.2, -0.15) is 4.98 Å². The highest BCUT2D eigenvalue weighted by Crippen LogP contribution is 2.22. The molecule has 0 saturated heterocycles. The highest BCUT2D eigenvalue weighted by atomic mass is 35.5. The molecule has 0 aliphatic rings. The van der Waals surface area contributed by atoms with Gasteiger partial charge in [0.15, 0.2) is 0 Å². The highest BCUT2D eigenvalue weighted by molar-refractivity contribution is 6.29. The average molecular weight is 292 g/mol. The number of carbonyl (C=O) groups excluding carboxylic acids is 1. The summed E-state index contributed by atoms with van der Waals surface area (Å²) in [5.74, 6) is 1.42. The smallest absolute Gasteiger partial charge is 0.253 e. The van der Waals surface area contributed by atoms with E-state index in [0.717, 1.165) is 0 Å². The standard InChI is InChI=1S/C14H14ClN3O2/c1-9-16-12(15)8-13(17-9)20-11-6-4-10(5-7-11)14(19)18(2)3/h4-8H,1-3H3. The van der Waals surface area contributed by atoms with E-state index in [2.05, 4.69) is 9.97 Å². The van der Waals surface area contributed by atoms with Crippen molar-refractivity contribution in [3.63, 3.8) is 0 Å². The first kappa shape index (κ1) is 14.3. The van der Waals surface area contributed by atoms with Gasteiger partial charge in [-0.3, -0.25) is 4.79 Å². The van der Waals surface area contributed by atoms with Crippen LogP contribution in [-0.4, -0.2) is 34.9 Å². The summed E-state index contributed by atoms with van der Waals surface area (Å²) in [5, 5.41) is 0.326. The number of nitrogens with zero attached hydrogens (tertiary/aromatic N) is 3. The Morgan fingerprint density at radius 1 is 1.20 bits per heavy atom. The van der Waals surface area contributed by atoms with Crippen LogP contribution in [-0.2, 0) is 0 Å². The first-order valence-corrected chi connectivity index (χ1v) is 6.34. The number of ether oxygens (including phenoxy) is 1. The number of benzene rings is 1. The van der Waals surface area contributed by atoms with Crippen molar-refractivity contribution >= 4 is 17.5 Å². The number of hydrogen-bond donors (Lipinski definition) is 0. The molecule has 0 bridgehead atoms. The van der Waals surface area contributed by atoms with Crippen molar-refractivity contribution < 1.29 is 9.53 Å². The fourth-order valence-corrected chi connectivity index (χ4v) is 1.82. The van der Waals surface area contributed by atoms with E-state index < -0.39 is 0 Å². The van der Waals surface area contributed by atoms with Gasteiger partial charge in [-0.15, -0.1) is 0 Å². The van der Waals surface area contributed by atoms with Crippen molar-refractivity contribution in [2.75, 3.05) is 14.1 Å². The molecule has 0 unspecified atom stereocenters. The Kier molecular flexibility index (Phi) is 4.20. The third-order valence-electron chi connectivity index (χ3n) is 2.51. The molecule has 1 amide bonds. The van der Waals surface area contributed by atoms with Crippen LogP contribution in [0, 0.1) is 6.92 Å². The molecule has 2 rings (SSSR count). The fraction of sp³-hybridized carbons (Fsp3) is 0.214. The van der Waals surface area contributed by atoms with Gasteiger partial charge in [0.05, 0.1) is 0 Å². The third kappa shape index (κ3) is 3.45. The second kappa shape index (κ2) is 5.88. The van der Waals surface area contributed by atoms with Crippen molar-refractivity contribution in [3.8, 4) is 11.6 Å².